The highest BCUT2D eigenvalue weighted by molar-refractivity contribution is 5.83. The zero-order chi connectivity index (χ0) is 103. The van der Waals surface area contributed by atoms with Crippen molar-refractivity contribution in [3.8, 4) is 113 Å². The molecule has 0 spiro atoms. The molecular formula is C113H90F4N28O4. The van der Waals surface area contributed by atoms with E-state index >= 15 is 0 Å². The molecule has 0 aliphatic carbocycles. The number of phenols is 4. The lowest BCUT2D eigenvalue weighted by molar-refractivity contribution is 0.475. The summed E-state index contributed by atoms with van der Waals surface area (Å²) >= 11 is 0. The van der Waals surface area contributed by atoms with Crippen LogP contribution in [0.15, 0.2) is 392 Å². The number of pyridine rings is 8. The van der Waals surface area contributed by atoms with Gasteiger partial charge >= 0.3 is 0 Å². The molecule has 20 aromatic rings. The minimum atomic E-state index is -0.568. The van der Waals surface area contributed by atoms with Crippen molar-refractivity contribution in [3.63, 3.8) is 0 Å². The van der Waals surface area contributed by atoms with Gasteiger partial charge in [0.25, 0.3) is 0 Å². The Morgan fingerprint density at radius 2 is 0.564 bits per heavy atom. The summed E-state index contributed by atoms with van der Waals surface area (Å²) in [5, 5.41) is 68.4. The van der Waals surface area contributed by atoms with Crippen molar-refractivity contribution >= 4 is 94.2 Å². The van der Waals surface area contributed by atoms with Crippen LogP contribution < -0.4 is 43.0 Å². The number of aryl methyl sites for hydroxylation is 3. The molecule has 0 aliphatic rings. The summed E-state index contributed by atoms with van der Waals surface area (Å²) < 4.78 is 57.1. The number of anilines is 12. The Hall–Kier alpha value is -20.7. The number of nitrogens with zero attached hydrogens (tertiary/aromatic N) is 20. The Bertz CT molecular complexity index is 8080. The fourth-order valence-electron chi connectivity index (χ4n) is 14.6. The summed E-state index contributed by atoms with van der Waals surface area (Å²) in [5.74, 6) is -0.681. The van der Waals surface area contributed by atoms with Crippen molar-refractivity contribution in [2.45, 2.75) is 33.6 Å². The molecule has 20 rings (SSSR count). The van der Waals surface area contributed by atoms with E-state index in [1.165, 1.54) is 24.9 Å². The average Bonchev–Trinajstić information content (AvgIpc) is 0.820. The van der Waals surface area contributed by atoms with Crippen LogP contribution in [0, 0.1) is 30.2 Å². The van der Waals surface area contributed by atoms with E-state index < -0.39 is 23.3 Å². The van der Waals surface area contributed by atoms with E-state index in [1.807, 2.05) is 227 Å². The standard InChI is InChI=1S/2C29H24FN7O.C28H22FN7O.C27H20FN7O/c1-2-21-6-4-8-27(35-21)28-26(30)18-32-29(36-28)37-33-17-23-13-14-24(16-31-23)34-22-11-9-19(10-12-22)20-5-3-7-25(38)15-20;1-2-27-25(7-4-14-31-27)28-26(30)18-33-29(36-28)37-34-17-22-12-13-23(16-32-22)35-21-10-8-19(9-11-21)20-5-3-6-24(38)15-20;1-18-4-2-7-26(33-18)27-25(29)17-31-28(35-27)36-32-16-22-12-13-23(15-30-22)34-21-10-8-19(9-11-21)20-5-3-6-24(37)14-20;28-24-17-31-27(34-26(24)25-6-1-2-13-29-25)35-32-16-21-11-12-22(15-30-21)33-20-9-7-18(8-10-20)19-4-3-5-23(36)14-19/h3-18,34,38H,2H2,1H3,(H,32,36,37);3-18,35,38H,2H2,1H3,(H,33,36,37);2-17,34,37H,1H3,(H,31,35,36);1-17,33,36H,(H,31,34,35)/b33-17+;34-17+;2*32-16+. The van der Waals surface area contributed by atoms with Gasteiger partial charge in [-0.3, -0.25) is 39.9 Å². The Kier molecular flexibility index (Phi) is 32.9. The number of rotatable bonds is 30. The molecule has 12 N–H and O–H groups in total. The monoisotopic (exact) mass is 1980 g/mol. The highest BCUT2D eigenvalue weighted by Gasteiger charge is 2.19. The Labute approximate surface area is 851 Å². The van der Waals surface area contributed by atoms with Gasteiger partial charge in [0.15, 0.2) is 23.3 Å². The van der Waals surface area contributed by atoms with E-state index in [0.29, 0.717) is 51.8 Å². The molecule has 8 aromatic carbocycles. The first-order chi connectivity index (χ1) is 72.8. The van der Waals surface area contributed by atoms with Crippen LogP contribution in [0.5, 0.6) is 23.0 Å². The third-order valence-electron chi connectivity index (χ3n) is 21.9. The molecule has 149 heavy (non-hydrogen) atoms. The highest BCUT2D eigenvalue weighted by Crippen LogP contribution is 2.34. The molecular weight excluding hydrogens is 1890 g/mol. The number of nitrogens with one attached hydrogen (secondary N) is 8. The third kappa shape index (κ3) is 28.2. The first kappa shape index (κ1) is 99.8. The normalized spacial score (nSPS) is 11.0. The van der Waals surface area contributed by atoms with Crippen molar-refractivity contribution in [2.75, 3.05) is 43.0 Å². The SMILES string of the molecule is CCc1cccc(-c2nc(N/N=C/c3ccc(Nc4ccc(-c5cccc(O)c5)cc4)cn3)ncc2F)n1.CCc1ncccc1-c1nc(N/N=C/c2ccc(Nc3ccc(-c4cccc(O)c4)cc3)cn2)ncc1F.Cc1cccc(-c2nc(N/N=C/c3ccc(Nc4ccc(-c5cccc(O)c5)cc4)cn3)ncc2F)n1.Oc1cccc(-c2ccc(Nc3ccc(/C=N/Nc4ncc(F)c(-c5ccccn5)n4)nc3)cc2)c1. The minimum Gasteiger partial charge on any atom is -0.508 e. The lowest BCUT2D eigenvalue weighted by Crippen LogP contribution is -2.02. The fourth-order valence-corrected chi connectivity index (χ4v) is 14.6. The predicted molar refractivity (Wildman–Crippen MR) is 573 cm³/mol. The van der Waals surface area contributed by atoms with Gasteiger partial charge in [-0.15, -0.1) is 0 Å². The molecule has 734 valence electrons. The number of hydrogen-bond acceptors (Lipinski definition) is 32. The Morgan fingerprint density at radius 3 is 0.879 bits per heavy atom. The van der Waals surface area contributed by atoms with Crippen molar-refractivity contribution in [2.24, 2.45) is 20.4 Å². The summed E-state index contributed by atoms with van der Waals surface area (Å²) in [6.45, 7) is 5.77. The van der Waals surface area contributed by atoms with Gasteiger partial charge in [-0.25, -0.2) is 79.1 Å². The van der Waals surface area contributed by atoms with Crippen molar-refractivity contribution < 1.29 is 38.0 Å². The largest absolute Gasteiger partial charge is 0.508 e. The third-order valence-corrected chi connectivity index (χ3v) is 21.9. The number of aromatic hydroxyl groups is 4. The Balaban J connectivity index is 0.000000135. The minimum absolute atomic E-state index is 0.0896. The molecule has 0 fully saturated rings. The van der Waals surface area contributed by atoms with Crippen LogP contribution in [-0.4, -0.2) is 125 Å². The summed E-state index contributed by atoms with van der Waals surface area (Å²) in [6.07, 6.45) is 21.9. The van der Waals surface area contributed by atoms with Crippen molar-refractivity contribution in [1.29, 1.82) is 0 Å². The Morgan fingerprint density at radius 1 is 0.255 bits per heavy atom. The summed E-state index contributed by atoms with van der Waals surface area (Å²) in [4.78, 5) is 67.3. The molecule has 12 heterocycles. The van der Waals surface area contributed by atoms with Gasteiger partial charge in [-0.05, 0) is 258 Å². The van der Waals surface area contributed by atoms with E-state index in [9.17, 15) is 38.0 Å². The van der Waals surface area contributed by atoms with Gasteiger partial charge in [-0.2, -0.15) is 20.4 Å². The van der Waals surface area contributed by atoms with E-state index in [2.05, 4.69) is 143 Å². The highest BCUT2D eigenvalue weighted by atomic mass is 19.1. The number of benzene rings is 8. The first-order valence-corrected chi connectivity index (χ1v) is 46.4. The second kappa shape index (κ2) is 49.1. The average molecular weight is 1980 g/mol. The number of hydrazone groups is 4. The van der Waals surface area contributed by atoms with Crippen molar-refractivity contribution in [1.82, 2.24) is 79.7 Å². The van der Waals surface area contributed by atoms with Gasteiger partial charge < -0.3 is 41.7 Å². The molecule has 12 aromatic heterocycles. The van der Waals surface area contributed by atoms with E-state index in [1.54, 1.807) is 140 Å². The molecule has 32 nitrogen and oxygen atoms in total. The first-order valence-electron chi connectivity index (χ1n) is 46.4. The summed E-state index contributed by atoms with van der Waals surface area (Å²) in [5.41, 5.74) is 32.7. The maximum Gasteiger partial charge on any atom is 0.244 e. The smallest absolute Gasteiger partial charge is 0.244 e. The van der Waals surface area contributed by atoms with Crippen LogP contribution in [0.4, 0.5) is 86.9 Å². The van der Waals surface area contributed by atoms with Crippen LogP contribution in [0.25, 0.3) is 89.9 Å². The molecule has 0 unspecified atom stereocenters. The molecule has 0 atom stereocenters. The van der Waals surface area contributed by atoms with E-state index in [0.717, 1.165) is 138 Å². The quantitative estimate of drug-likeness (QED) is 0.0113. The van der Waals surface area contributed by atoms with Gasteiger partial charge in [0.05, 0.1) is 137 Å². The number of phenolic OH excluding ortho intramolecular Hbond substituents is 4. The zero-order valence-electron chi connectivity index (χ0n) is 79.7. The lowest BCUT2D eigenvalue weighted by atomic mass is 10.1. The maximum absolute atomic E-state index is 14.4. The second-order valence-corrected chi connectivity index (χ2v) is 32.5. The van der Waals surface area contributed by atoms with Crippen LogP contribution in [0.1, 0.15) is 53.7 Å². The maximum atomic E-state index is 14.4. The van der Waals surface area contributed by atoms with Gasteiger partial charge in [0, 0.05) is 57.8 Å². The fraction of sp³-hybridized carbons (Fsp3) is 0.0442. The summed E-state index contributed by atoms with van der Waals surface area (Å²) in [6, 6.07) is 94.3. The molecule has 0 saturated carbocycles. The van der Waals surface area contributed by atoms with Crippen LogP contribution >= 0.6 is 0 Å². The van der Waals surface area contributed by atoms with E-state index in [4.69, 9.17) is 0 Å². The van der Waals surface area contributed by atoms with E-state index in [-0.39, 0.29) is 69.6 Å². The van der Waals surface area contributed by atoms with Gasteiger partial charge in [-0.1, -0.05) is 129 Å². The van der Waals surface area contributed by atoms with Crippen LogP contribution in [-0.2, 0) is 12.8 Å². The van der Waals surface area contributed by atoms with Crippen LogP contribution in [0.2, 0.25) is 0 Å². The number of halogens is 4. The number of aromatic nitrogens is 16. The van der Waals surface area contributed by atoms with Crippen molar-refractivity contribution in [3.05, 3.63) is 434 Å². The molecule has 0 amide bonds. The van der Waals surface area contributed by atoms with Gasteiger partial charge in [0.2, 0.25) is 23.8 Å². The molecule has 0 radical (unpaired) electrons. The zero-order valence-corrected chi connectivity index (χ0v) is 79.7. The molecule has 0 aliphatic heterocycles. The lowest BCUT2D eigenvalue weighted by Gasteiger charge is -2.08. The second-order valence-electron chi connectivity index (χ2n) is 32.5. The van der Waals surface area contributed by atoms with Gasteiger partial charge in [0.1, 0.15) is 45.8 Å². The summed E-state index contributed by atoms with van der Waals surface area (Å²) in [7, 11) is 0. The van der Waals surface area contributed by atoms with Crippen LogP contribution in [0.3, 0.4) is 0 Å². The molecule has 36 heteroatoms. The topological polar surface area (TPSA) is 433 Å². The molecule has 0 saturated heterocycles. The number of hydrogen-bond donors (Lipinski definition) is 12. The predicted octanol–water partition coefficient (Wildman–Crippen LogP) is 24.0. The molecule has 0 bridgehead atoms.